The number of aryl methyl sites for hydroxylation is 2. The van der Waals surface area contributed by atoms with E-state index in [0.717, 1.165) is 35.0 Å². The van der Waals surface area contributed by atoms with Gasteiger partial charge in [-0.1, -0.05) is 25.1 Å². The average Bonchev–Trinajstić information content (AvgIpc) is 3.23. The first-order valence-electron chi connectivity index (χ1n) is 9.17. The summed E-state index contributed by atoms with van der Waals surface area (Å²) in [5.41, 5.74) is 5.70. The molecule has 0 unspecified atom stereocenters. The minimum absolute atomic E-state index is 0.0217. The van der Waals surface area contributed by atoms with Crippen LogP contribution in [-0.4, -0.2) is 39.7 Å². The van der Waals surface area contributed by atoms with Gasteiger partial charge in [-0.3, -0.25) is 9.59 Å². The van der Waals surface area contributed by atoms with Gasteiger partial charge < -0.3 is 9.47 Å². The number of amides is 1. The number of rotatable bonds is 7. The summed E-state index contributed by atoms with van der Waals surface area (Å²) in [6.45, 7) is 6.55. The topological polar surface area (TPSA) is 55.2 Å². The second-order valence-electron chi connectivity index (χ2n) is 6.82. The minimum atomic E-state index is 0.0217. The highest BCUT2D eigenvalue weighted by atomic mass is 32.1. The van der Waals surface area contributed by atoms with Gasteiger partial charge in [-0.2, -0.15) is 0 Å². The molecule has 0 saturated carbocycles. The molecule has 1 aromatic carbocycles. The van der Waals surface area contributed by atoms with Crippen LogP contribution < -0.4 is 0 Å². The molecule has 0 aliphatic rings. The van der Waals surface area contributed by atoms with Gasteiger partial charge >= 0.3 is 0 Å². The third-order valence-electron chi connectivity index (χ3n) is 4.99. The molecular weight excluding hydrogens is 358 g/mol. The van der Waals surface area contributed by atoms with Crippen molar-refractivity contribution < 1.29 is 9.59 Å². The molecule has 3 aromatic rings. The Labute approximate surface area is 163 Å². The first-order valence-corrected chi connectivity index (χ1v) is 10.0. The number of thiazole rings is 1. The molecule has 0 radical (unpaired) electrons. The molecule has 142 valence electrons. The lowest BCUT2D eigenvalue weighted by Gasteiger charge is -2.18. The third-order valence-corrected chi connectivity index (χ3v) is 5.99. The van der Waals surface area contributed by atoms with Crippen LogP contribution in [0.5, 0.6) is 0 Å². The number of carbonyl (C=O) groups is 2. The molecule has 0 aliphatic carbocycles. The van der Waals surface area contributed by atoms with Crippen LogP contribution in [-0.2, 0) is 24.2 Å². The monoisotopic (exact) mass is 383 g/mol. The van der Waals surface area contributed by atoms with Crippen LogP contribution in [0.1, 0.15) is 40.3 Å². The van der Waals surface area contributed by atoms with Crippen molar-refractivity contribution in [2.24, 2.45) is 0 Å². The number of hydrogen-bond donors (Lipinski definition) is 0. The molecular formula is C21H25N3O2S. The van der Waals surface area contributed by atoms with E-state index >= 15 is 0 Å². The number of ketones is 1. The summed E-state index contributed by atoms with van der Waals surface area (Å²) in [4.78, 5) is 32.1. The van der Waals surface area contributed by atoms with Gasteiger partial charge in [-0.25, -0.2) is 4.98 Å². The van der Waals surface area contributed by atoms with Gasteiger partial charge in [-0.05, 0) is 25.8 Å². The molecule has 6 heteroatoms. The van der Waals surface area contributed by atoms with Crippen LogP contribution in [0, 0.1) is 6.92 Å². The summed E-state index contributed by atoms with van der Waals surface area (Å²) in [6, 6.07) is 6.00. The number of aromatic nitrogens is 2. The zero-order valence-corrected chi connectivity index (χ0v) is 17.1. The number of likely N-dealkylation sites (N-methyl/N-ethyl adjacent to an activating group) is 1. The molecule has 0 N–H and O–H groups in total. The van der Waals surface area contributed by atoms with E-state index in [9.17, 15) is 9.59 Å². The summed E-state index contributed by atoms with van der Waals surface area (Å²) in [5, 5.41) is 0.928. The largest absolute Gasteiger partial charge is 0.344 e. The summed E-state index contributed by atoms with van der Waals surface area (Å²) >= 11 is 1.63. The first-order chi connectivity index (χ1) is 12.9. The van der Waals surface area contributed by atoms with Crippen molar-refractivity contribution >= 4 is 33.9 Å². The predicted molar refractivity (Wildman–Crippen MR) is 110 cm³/mol. The van der Waals surface area contributed by atoms with E-state index in [4.69, 9.17) is 0 Å². The zero-order chi connectivity index (χ0) is 19.6. The van der Waals surface area contributed by atoms with Crippen molar-refractivity contribution in [3.05, 3.63) is 51.6 Å². The highest BCUT2D eigenvalue weighted by Gasteiger charge is 2.18. The quantitative estimate of drug-likeness (QED) is 0.582. The number of benzene rings is 1. The molecule has 0 spiro atoms. The van der Waals surface area contributed by atoms with Gasteiger partial charge in [0, 0.05) is 42.0 Å². The van der Waals surface area contributed by atoms with Crippen molar-refractivity contribution in [1.29, 1.82) is 0 Å². The molecule has 27 heavy (non-hydrogen) atoms. The van der Waals surface area contributed by atoms with Gasteiger partial charge in [0.25, 0.3) is 0 Å². The summed E-state index contributed by atoms with van der Waals surface area (Å²) in [5.74, 6) is 0.0588. The van der Waals surface area contributed by atoms with E-state index in [1.165, 1.54) is 4.88 Å². The van der Waals surface area contributed by atoms with E-state index in [0.29, 0.717) is 12.1 Å². The van der Waals surface area contributed by atoms with Crippen molar-refractivity contribution in [3.8, 4) is 0 Å². The molecule has 0 fully saturated rings. The fourth-order valence-electron chi connectivity index (χ4n) is 3.35. The summed E-state index contributed by atoms with van der Waals surface area (Å²) in [6.07, 6.45) is 3.49. The Kier molecular flexibility index (Phi) is 5.75. The van der Waals surface area contributed by atoms with Crippen LogP contribution in [0.2, 0.25) is 0 Å². The predicted octanol–water partition coefficient (Wildman–Crippen LogP) is 3.87. The van der Waals surface area contributed by atoms with E-state index in [2.05, 4.69) is 18.0 Å². The van der Waals surface area contributed by atoms with Gasteiger partial charge in [0.15, 0.2) is 5.78 Å². The Morgan fingerprint density at radius 1 is 1.30 bits per heavy atom. The second kappa shape index (κ2) is 8.05. The zero-order valence-electron chi connectivity index (χ0n) is 16.3. The first kappa shape index (κ1) is 19.3. The maximum Gasteiger partial charge on any atom is 0.242 e. The third kappa shape index (κ3) is 3.95. The Bertz CT molecular complexity index is 987. The van der Waals surface area contributed by atoms with Crippen molar-refractivity contribution in [2.75, 3.05) is 13.6 Å². The molecule has 2 aromatic heterocycles. The van der Waals surface area contributed by atoms with Gasteiger partial charge in [0.05, 0.1) is 16.7 Å². The normalized spacial score (nSPS) is 11.1. The number of Topliss-reactive ketones (excluding diaryl/α,β-unsaturated/α-hetero) is 1. The second-order valence-corrected chi connectivity index (χ2v) is 7.76. The molecule has 5 nitrogen and oxygen atoms in total. The van der Waals surface area contributed by atoms with Gasteiger partial charge in [0.2, 0.25) is 5.91 Å². The van der Waals surface area contributed by atoms with E-state index < -0.39 is 0 Å². The van der Waals surface area contributed by atoms with Gasteiger partial charge in [0.1, 0.15) is 6.54 Å². The maximum atomic E-state index is 12.8. The Balaban J connectivity index is 1.82. The van der Waals surface area contributed by atoms with E-state index in [-0.39, 0.29) is 18.2 Å². The van der Waals surface area contributed by atoms with E-state index in [1.807, 2.05) is 42.4 Å². The highest BCUT2D eigenvalue weighted by Crippen LogP contribution is 2.26. The Hall–Kier alpha value is -2.47. The number of carbonyl (C=O) groups excluding carboxylic acids is 2. The van der Waals surface area contributed by atoms with Crippen LogP contribution >= 0.6 is 11.3 Å². The van der Waals surface area contributed by atoms with Crippen molar-refractivity contribution in [2.45, 2.75) is 40.2 Å². The maximum absolute atomic E-state index is 12.8. The summed E-state index contributed by atoms with van der Waals surface area (Å²) in [7, 11) is 1.83. The fraction of sp³-hybridized carbons (Fsp3) is 0.381. The van der Waals surface area contributed by atoms with Crippen molar-refractivity contribution in [3.63, 3.8) is 0 Å². The van der Waals surface area contributed by atoms with E-state index in [1.54, 1.807) is 23.2 Å². The summed E-state index contributed by atoms with van der Waals surface area (Å²) < 4.78 is 1.93. The lowest BCUT2D eigenvalue weighted by molar-refractivity contribution is -0.130. The minimum Gasteiger partial charge on any atom is -0.344 e. The van der Waals surface area contributed by atoms with Crippen LogP contribution in [0.25, 0.3) is 10.9 Å². The Morgan fingerprint density at radius 3 is 2.70 bits per heavy atom. The molecule has 0 aliphatic heterocycles. The van der Waals surface area contributed by atoms with Gasteiger partial charge in [-0.15, -0.1) is 11.3 Å². The molecule has 0 saturated heterocycles. The molecule has 2 heterocycles. The number of hydrogen-bond acceptors (Lipinski definition) is 4. The SMILES string of the molecule is CCc1cccc2c(C(C)=O)cn(CC(=O)N(C)CCc3scnc3C)c12. The molecule has 3 rings (SSSR count). The average molecular weight is 384 g/mol. The van der Waals surface area contributed by atoms with Crippen LogP contribution in [0.15, 0.2) is 29.9 Å². The highest BCUT2D eigenvalue weighted by molar-refractivity contribution is 7.09. The standard InChI is InChI=1S/C21H25N3O2S/c1-5-16-7-6-8-17-18(15(3)25)11-24(21(16)17)12-20(26)23(4)10-9-19-14(2)22-13-27-19/h6-8,11,13H,5,9-10,12H2,1-4H3. The van der Waals surface area contributed by atoms with Crippen molar-refractivity contribution in [1.82, 2.24) is 14.5 Å². The molecule has 0 bridgehead atoms. The molecule has 0 atom stereocenters. The lowest BCUT2D eigenvalue weighted by Crippen LogP contribution is -2.31. The van der Waals surface area contributed by atoms with Crippen LogP contribution in [0.3, 0.4) is 0 Å². The molecule has 1 amide bonds. The number of para-hydroxylation sites is 1. The number of fused-ring (bicyclic) bond motifs is 1. The lowest BCUT2D eigenvalue weighted by atomic mass is 10.1. The smallest absolute Gasteiger partial charge is 0.242 e. The van der Waals surface area contributed by atoms with Crippen LogP contribution in [0.4, 0.5) is 0 Å². The fourth-order valence-corrected chi connectivity index (χ4v) is 4.13. The Morgan fingerprint density at radius 2 is 2.07 bits per heavy atom. The number of nitrogens with zero attached hydrogens (tertiary/aromatic N) is 3.